The third kappa shape index (κ3) is 3.65. The van der Waals surface area contributed by atoms with Crippen LogP contribution in [0.2, 0.25) is 5.02 Å². The molecular weight excluding hydrogens is 392 g/mol. The monoisotopic (exact) mass is 416 g/mol. The second-order valence-electron chi connectivity index (χ2n) is 7.60. The maximum atomic E-state index is 12.5. The maximum absolute atomic E-state index is 12.5. The van der Waals surface area contributed by atoms with Crippen molar-refractivity contribution in [3.8, 4) is 0 Å². The molecule has 2 amide bonds. The van der Waals surface area contributed by atoms with E-state index in [-0.39, 0.29) is 23.2 Å². The maximum Gasteiger partial charge on any atom is 0.293 e. The molecule has 0 N–H and O–H groups in total. The molecule has 28 heavy (non-hydrogen) atoms. The van der Waals surface area contributed by atoms with E-state index in [1.165, 1.54) is 10.5 Å². The summed E-state index contributed by atoms with van der Waals surface area (Å²) in [5.74, 6) is -0.301. The average molecular weight is 417 g/mol. The van der Waals surface area contributed by atoms with Crippen molar-refractivity contribution in [1.29, 1.82) is 0 Å². The highest BCUT2D eigenvalue weighted by molar-refractivity contribution is 8.18. The van der Waals surface area contributed by atoms with Crippen LogP contribution in [-0.2, 0) is 4.79 Å². The number of carbonyl (C=O) groups is 2. The summed E-state index contributed by atoms with van der Waals surface area (Å²) >= 11 is 7.54. The summed E-state index contributed by atoms with van der Waals surface area (Å²) in [6.07, 6.45) is 6.56. The predicted molar refractivity (Wildman–Crippen MR) is 120 cm³/mol. The van der Waals surface area contributed by atoms with E-state index in [1.807, 2.05) is 12.1 Å². The lowest BCUT2D eigenvalue weighted by atomic mass is 9.87. The molecule has 2 aliphatic rings. The smallest absolute Gasteiger partial charge is 0.293 e. The number of nitrogens with zero attached hydrogens (tertiary/aromatic N) is 2. The Labute approximate surface area is 175 Å². The zero-order valence-electron chi connectivity index (χ0n) is 16.7. The molecule has 1 aromatic rings. The van der Waals surface area contributed by atoms with E-state index < -0.39 is 0 Å². The van der Waals surface area contributed by atoms with Gasteiger partial charge in [0.15, 0.2) is 0 Å². The summed E-state index contributed by atoms with van der Waals surface area (Å²) in [6.45, 7) is 13.4. The molecule has 2 aliphatic heterocycles. The zero-order chi connectivity index (χ0) is 20.6. The number of anilines is 1. The fraction of sp³-hybridized carbons (Fsp3) is 0.364. The number of allylic oxidation sites excluding steroid dienone is 1. The van der Waals surface area contributed by atoms with E-state index in [9.17, 15) is 9.59 Å². The normalized spacial score (nSPS) is 19.9. The standard InChI is InChI=1S/C22H25ClN2O2S/c1-6-8-24-20(26)19(28-21(24)27)11-15-10-16-14(3)13-22(4,5)25(9-7-2)18(16)12-17(15)23/h6,10-13H,1,7-9H2,2-5H3/b19-11+. The Morgan fingerprint density at radius 3 is 2.64 bits per heavy atom. The van der Waals surface area contributed by atoms with Gasteiger partial charge in [-0.25, -0.2) is 0 Å². The van der Waals surface area contributed by atoms with Gasteiger partial charge in [-0.15, -0.1) is 6.58 Å². The summed E-state index contributed by atoms with van der Waals surface area (Å²) in [7, 11) is 0. The molecule has 0 aliphatic carbocycles. The lowest BCUT2D eigenvalue weighted by Crippen LogP contribution is -2.45. The Morgan fingerprint density at radius 2 is 2.00 bits per heavy atom. The number of rotatable bonds is 5. The Hall–Kier alpha value is -1.98. The van der Waals surface area contributed by atoms with E-state index in [4.69, 9.17) is 11.6 Å². The Balaban J connectivity index is 2.05. The number of imide groups is 1. The molecular formula is C22H25ClN2O2S. The van der Waals surface area contributed by atoms with Crippen LogP contribution < -0.4 is 4.90 Å². The van der Waals surface area contributed by atoms with Gasteiger partial charge in [0.05, 0.1) is 10.4 Å². The lowest BCUT2D eigenvalue weighted by Gasteiger charge is -2.43. The topological polar surface area (TPSA) is 40.6 Å². The third-order valence-electron chi connectivity index (χ3n) is 5.02. The van der Waals surface area contributed by atoms with Crippen molar-refractivity contribution in [3.63, 3.8) is 0 Å². The molecule has 148 valence electrons. The quantitative estimate of drug-likeness (QED) is 0.437. The highest BCUT2D eigenvalue weighted by Gasteiger charge is 2.35. The van der Waals surface area contributed by atoms with Crippen molar-refractivity contribution in [1.82, 2.24) is 4.90 Å². The number of benzene rings is 1. The predicted octanol–water partition coefficient (Wildman–Crippen LogP) is 5.97. The Kier molecular flexibility index (Phi) is 5.78. The first-order valence-electron chi connectivity index (χ1n) is 9.37. The van der Waals surface area contributed by atoms with Crippen molar-refractivity contribution < 1.29 is 9.59 Å². The fourth-order valence-corrected chi connectivity index (χ4v) is 4.84. The van der Waals surface area contributed by atoms with E-state index in [1.54, 1.807) is 12.2 Å². The van der Waals surface area contributed by atoms with Gasteiger partial charge in [0.2, 0.25) is 0 Å². The molecule has 6 heteroatoms. The number of amides is 2. The Morgan fingerprint density at radius 1 is 1.29 bits per heavy atom. The number of thioether (sulfide) groups is 1. The van der Waals surface area contributed by atoms with Gasteiger partial charge in [-0.2, -0.15) is 0 Å². The molecule has 0 spiro atoms. The van der Waals surface area contributed by atoms with E-state index >= 15 is 0 Å². The van der Waals surface area contributed by atoms with Crippen molar-refractivity contribution in [3.05, 3.63) is 51.9 Å². The van der Waals surface area contributed by atoms with Gasteiger partial charge in [-0.1, -0.05) is 30.7 Å². The minimum atomic E-state index is -0.301. The number of hydrogen-bond donors (Lipinski definition) is 0. The van der Waals surface area contributed by atoms with Crippen molar-refractivity contribution in [2.45, 2.75) is 39.7 Å². The van der Waals surface area contributed by atoms with Crippen LogP contribution >= 0.6 is 23.4 Å². The van der Waals surface area contributed by atoms with Crippen LogP contribution in [-0.4, -0.2) is 34.7 Å². The second-order valence-corrected chi connectivity index (χ2v) is 9.00. The van der Waals surface area contributed by atoms with E-state index in [0.29, 0.717) is 9.93 Å². The summed E-state index contributed by atoms with van der Waals surface area (Å²) in [5, 5.41) is 0.290. The van der Waals surface area contributed by atoms with Gasteiger partial charge in [0, 0.05) is 29.4 Å². The summed E-state index contributed by atoms with van der Waals surface area (Å²) in [4.78, 5) is 28.5. The molecule has 1 aromatic carbocycles. The van der Waals surface area contributed by atoms with Gasteiger partial charge in [0.25, 0.3) is 11.1 Å². The molecule has 3 rings (SSSR count). The van der Waals surface area contributed by atoms with E-state index in [0.717, 1.165) is 41.5 Å². The van der Waals surface area contributed by atoms with Crippen LogP contribution in [0.4, 0.5) is 10.5 Å². The minimum absolute atomic E-state index is 0.0920. The van der Waals surface area contributed by atoms with Gasteiger partial charge >= 0.3 is 0 Å². The average Bonchev–Trinajstić information content (AvgIpc) is 2.87. The van der Waals surface area contributed by atoms with Gasteiger partial charge in [-0.05, 0) is 68.3 Å². The molecule has 1 fully saturated rings. The SMILES string of the molecule is C=CCN1C(=O)S/C(=C/c2cc3c(cc2Cl)N(CCC)C(C)(C)C=C3C)C1=O. The third-order valence-corrected chi connectivity index (χ3v) is 6.25. The van der Waals surface area contributed by atoms with Crippen LogP contribution in [0.3, 0.4) is 0 Å². The summed E-state index contributed by atoms with van der Waals surface area (Å²) < 4.78 is 0. The number of halogens is 1. The van der Waals surface area contributed by atoms with Crippen LogP contribution in [0, 0.1) is 0 Å². The minimum Gasteiger partial charge on any atom is -0.362 e. The second kappa shape index (κ2) is 7.80. The molecule has 0 atom stereocenters. The van der Waals surface area contributed by atoms with Gasteiger partial charge in [-0.3, -0.25) is 14.5 Å². The first-order valence-corrected chi connectivity index (χ1v) is 10.6. The van der Waals surface area contributed by atoms with Crippen LogP contribution in [0.25, 0.3) is 11.6 Å². The number of hydrogen-bond acceptors (Lipinski definition) is 4. The molecule has 0 unspecified atom stereocenters. The van der Waals surface area contributed by atoms with E-state index in [2.05, 4.69) is 45.2 Å². The molecule has 4 nitrogen and oxygen atoms in total. The van der Waals surface area contributed by atoms with Crippen molar-refractivity contribution >= 4 is 51.8 Å². The van der Waals surface area contributed by atoms with Gasteiger partial charge < -0.3 is 4.90 Å². The fourth-order valence-electron chi connectivity index (χ4n) is 3.79. The summed E-state index contributed by atoms with van der Waals surface area (Å²) in [6, 6.07) is 3.99. The van der Waals surface area contributed by atoms with Crippen molar-refractivity contribution in [2.24, 2.45) is 0 Å². The van der Waals surface area contributed by atoms with Crippen molar-refractivity contribution in [2.75, 3.05) is 18.0 Å². The summed E-state index contributed by atoms with van der Waals surface area (Å²) in [5.41, 5.74) is 4.04. The highest BCUT2D eigenvalue weighted by Crippen LogP contribution is 2.42. The van der Waals surface area contributed by atoms with Crippen LogP contribution in [0.15, 0.2) is 35.8 Å². The zero-order valence-corrected chi connectivity index (χ0v) is 18.3. The molecule has 1 saturated heterocycles. The number of carbonyl (C=O) groups excluding carboxylic acids is 2. The lowest BCUT2D eigenvalue weighted by molar-refractivity contribution is -0.122. The van der Waals surface area contributed by atoms with Gasteiger partial charge in [0.1, 0.15) is 0 Å². The molecule has 0 aromatic heterocycles. The molecule has 0 saturated carbocycles. The largest absolute Gasteiger partial charge is 0.362 e. The first kappa shape index (κ1) is 20.7. The van der Waals surface area contributed by atoms with Crippen LogP contribution in [0.1, 0.15) is 45.2 Å². The molecule has 0 radical (unpaired) electrons. The Bertz CT molecular complexity index is 917. The first-order chi connectivity index (χ1) is 13.2. The number of fused-ring (bicyclic) bond motifs is 1. The molecule has 0 bridgehead atoms. The van der Waals surface area contributed by atoms with Crippen LogP contribution in [0.5, 0.6) is 0 Å². The molecule has 2 heterocycles. The highest BCUT2D eigenvalue weighted by atomic mass is 35.5.